The van der Waals surface area contributed by atoms with Gasteiger partial charge >= 0.3 is 5.97 Å². The van der Waals surface area contributed by atoms with Crippen LogP contribution in [0.4, 0.5) is 0 Å². The Balaban J connectivity index is 2.44. The van der Waals surface area contributed by atoms with Gasteiger partial charge in [0.25, 0.3) is 0 Å². The van der Waals surface area contributed by atoms with Crippen molar-refractivity contribution in [1.29, 1.82) is 0 Å². The third-order valence-corrected chi connectivity index (χ3v) is 2.59. The molecule has 0 spiro atoms. The Hall–Kier alpha value is -1.75. The first kappa shape index (κ1) is 10.8. The number of esters is 1. The fourth-order valence-electron chi connectivity index (χ4n) is 1.82. The molecule has 0 aromatic carbocycles. The molecule has 2 aliphatic rings. The minimum absolute atomic E-state index is 0.130. The second-order valence-corrected chi connectivity index (χ2v) is 3.48. The molecular formula is C11H10O5. The van der Waals surface area contributed by atoms with E-state index in [9.17, 15) is 14.4 Å². The molecule has 1 unspecified atom stereocenters. The van der Waals surface area contributed by atoms with Crippen molar-refractivity contribution < 1.29 is 23.9 Å². The minimum Gasteiger partial charge on any atom is -0.467 e. The summed E-state index contributed by atoms with van der Waals surface area (Å²) < 4.78 is 9.72. The number of allylic oxidation sites excluding steroid dienone is 2. The van der Waals surface area contributed by atoms with Crippen LogP contribution in [0.3, 0.4) is 0 Å². The van der Waals surface area contributed by atoms with E-state index in [1.165, 1.54) is 13.2 Å². The zero-order valence-corrected chi connectivity index (χ0v) is 8.69. The van der Waals surface area contributed by atoms with Crippen LogP contribution in [0.15, 0.2) is 23.3 Å². The lowest BCUT2D eigenvalue weighted by Crippen LogP contribution is -2.37. The van der Waals surface area contributed by atoms with Gasteiger partial charge in [-0.1, -0.05) is 0 Å². The second kappa shape index (κ2) is 4.02. The van der Waals surface area contributed by atoms with Crippen molar-refractivity contribution in [3.05, 3.63) is 23.3 Å². The van der Waals surface area contributed by atoms with Crippen LogP contribution in [0.25, 0.3) is 0 Å². The quantitative estimate of drug-likeness (QED) is 0.459. The molecule has 0 aromatic rings. The highest BCUT2D eigenvalue weighted by Crippen LogP contribution is 2.27. The summed E-state index contributed by atoms with van der Waals surface area (Å²) in [6.45, 7) is 0.242. The summed E-state index contributed by atoms with van der Waals surface area (Å²) in [6.07, 6.45) is 1.68. The summed E-state index contributed by atoms with van der Waals surface area (Å²) in [5, 5.41) is 0. The van der Waals surface area contributed by atoms with Crippen LogP contribution in [-0.2, 0) is 23.9 Å². The van der Waals surface area contributed by atoms with Gasteiger partial charge in [0, 0.05) is 17.6 Å². The van der Waals surface area contributed by atoms with Gasteiger partial charge in [-0.2, -0.15) is 0 Å². The first-order valence-corrected chi connectivity index (χ1v) is 4.84. The number of hydrogen-bond acceptors (Lipinski definition) is 5. The van der Waals surface area contributed by atoms with Crippen molar-refractivity contribution in [2.24, 2.45) is 0 Å². The maximum absolute atomic E-state index is 11.6. The van der Waals surface area contributed by atoms with Crippen molar-refractivity contribution in [2.45, 2.75) is 12.5 Å². The van der Waals surface area contributed by atoms with Crippen LogP contribution in [0.1, 0.15) is 6.42 Å². The standard InChI is InChI=1S/C11H10O5/c1-15-11(14)10-9-6(4-5-16-10)7(12)2-3-8(9)13/h2-3,10H,4-5H2,1H3. The average molecular weight is 222 g/mol. The van der Waals surface area contributed by atoms with Crippen LogP contribution in [0.2, 0.25) is 0 Å². The van der Waals surface area contributed by atoms with E-state index in [0.717, 1.165) is 6.08 Å². The summed E-state index contributed by atoms with van der Waals surface area (Å²) in [6, 6.07) is 0. The molecule has 0 aromatic heterocycles. The van der Waals surface area contributed by atoms with Crippen LogP contribution in [0, 0.1) is 0 Å². The van der Waals surface area contributed by atoms with E-state index in [1.54, 1.807) is 0 Å². The van der Waals surface area contributed by atoms with Gasteiger partial charge in [0.05, 0.1) is 13.7 Å². The summed E-state index contributed by atoms with van der Waals surface area (Å²) in [7, 11) is 1.21. The van der Waals surface area contributed by atoms with E-state index in [4.69, 9.17) is 4.74 Å². The molecule has 1 heterocycles. The molecule has 0 radical (unpaired) electrons. The third kappa shape index (κ3) is 1.59. The highest BCUT2D eigenvalue weighted by molar-refractivity contribution is 6.22. The summed E-state index contributed by atoms with van der Waals surface area (Å²) in [5.41, 5.74) is 0.500. The molecule has 1 atom stereocenters. The fourth-order valence-corrected chi connectivity index (χ4v) is 1.82. The molecule has 5 heteroatoms. The predicted molar refractivity (Wildman–Crippen MR) is 52.6 cm³/mol. The van der Waals surface area contributed by atoms with Crippen molar-refractivity contribution >= 4 is 17.5 Å². The number of methoxy groups -OCH3 is 1. The minimum atomic E-state index is -1.06. The Labute approximate surface area is 91.7 Å². The van der Waals surface area contributed by atoms with Crippen molar-refractivity contribution in [1.82, 2.24) is 0 Å². The molecule has 2 rings (SSSR count). The maximum Gasteiger partial charge on any atom is 0.339 e. The topological polar surface area (TPSA) is 69.7 Å². The summed E-state index contributed by atoms with van der Waals surface area (Å²) in [5.74, 6) is -1.24. The highest BCUT2D eigenvalue weighted by atomic mass is 16.6. The lowest BCUT2D eigenvalue weighted by atomic mass is 9.87. The van der Waals surface area contributed by atoms with Crippen molar-refractivity contribution in [2.75, 3.05) is 13.7 Å². The van der Waals surface area contributed by atoms with Gasteiger partial charge in [-0.15, -0.1) is 0 Å². The van der Waals surface area contributed by atoms with E-state index in [-0.39, 0.29) is 23.7 Å². The SMILES string of the molecule is COC(=O)C1OCCC2=C1C(=O)C=CC2=O. The molecule has 0 saturated heterocycles. The lowest BCUT2D eigenvalue weighted by molar-refractivity contribution is -0.153. The van der Waals surface area contributed by atoms with Crippen LogP contribution < -0.4 is 0 Å². The van der Waals surface area contributed by atoms with Gasteiger partial charge in [-0.05, 0) is 12.2 Å². The molecule has 16 heavy (non-hydrogen) atoms. The first-order valence-electron chi connectivity index (χ1n) is 4.84. The van der Waals surface area contributed by atoms with Gasteiger partial charge in [0.2, 0.25) is 0 Å². The fraction of sp³-hybridized carbons (Fsp3) is 0.364. The number of ketones is 2. The van der Waals surface area contributed by atoms with Gasteiger partial charge in [-0.3, -0.25) is 9.59 Å². The number of carbonyl (C=O) groups is 3. The number of hydrogen-bond donors (Lipinski definition) is 0. The van der Waals surface area contributed by atoms with Gasteiger partial charge < -0.3 is 9.47 Å². The molecule has 1 aliphatic carbocycles. The Morgan fingerprint density at radius 3 is 2.75 bits per heavy atom. The maximum atomic E-state index is 11.6. The molecule has 0 bridgehead atoms. The van der Waals surface area contributed by atoms with E-state index >= 15 is 0 Å². The summed E-state index contributed by atoms with van der Waals surface area (Å²) >= 11 is 0. The first-order chi connectivity index (χ1) is 7.65. The molecule has 84 valence electrons. The molecular weight excluding hydrogens is 212 g/mol. The Morgan fingerprint density at radius 1 is 1.38 bits per heavy atom. The molecule has 0 saturated carbocycles. The molecule has 0 amide bonds. The van der Waals surface area contributed by atoms with Gasteiger partial charge in [0.15, 0.2) is 17.7 Å². The van der Waals surface area contributed by atoms with Crippen LogP contribution in [-0.4, -0.2) is 37.4 Å². The van der Waals surface area contributed by atoms with E-state index in [1.807, 2.05) is 0 Å². The molecule has 0 fully saturated rings. The lowest BCUT2D eigenvalue weighted by Gasteiger charge is -2.26. The zero-order chi connectivity index (χ0) is 11.7. The van der Waals surface area contributed by atoms with E-state index in [2.05, 4.69) is 4.74 Å². The zero-order valence-electron chi connectivity index (χ0n) is 8.69. The van der Waals surface area contributed by atoms with Crippen LogP contribution in [0.5, 0.6) is 0 Å². The number of ether oxygens (including phenoxy) is 2. The van der Waals surface area contributed by atoms with Gasteiger partial charge in [0.1, 0.15) is 0 Å². The van der Waals surface area contributed by atoms with Crippen molar-refractivity contribution in [3.63, 3.8) is 0 Å². The normalized spacial score (nSPS) is 24.4. The van der Waals surface area contributed by atoms with E-state index < -0.39 is 12.1 Å². The molecule has 0 N–H and O–H groups in total. The smallest absolute Gasteiger partial charge is 0.339 e. The Bertz CT molecular complexity index is 430. The molecule has 1 aliphatic heterocycles. The summed E-state index contributed by atoms with van der Waals surface area (Å²) in [4.78, 5) is 34.6. The largest absolute Gasteiger partial charge is 0.467 e. The predicted octanol–water partition coefficient (Wildman–Crippen LogP) is -0.0471. The Kier molecular flexibility index (Phi) is 2.70. The van der Waals surface area contributed by atoms with E-state index in [0.29, 0.717) is 12.0 Å². The van der Waals surface area contributed by atoms with Crippen LogP contribution >= 0.6 is 0 Å². The second-order valence-electron chi connectivity index (χ2n) is 3.48. The van der Waals surface area contributed by atoms with Gasteiger partial charge in [-0.25, -0.2) is 4.79 Å². The average Bonchev–Trinajstić information content (AvgIpc) is 2.32. The third-order valence-electron chi connectivity index (χ3n) is 2.59. The Morgan fingerprint density at radius 2 is 2.06 bits per heavy atom. The molecule has 5 nitrogen and oxygen atoms in total. The monoisotopic (exact) mass is 222 g/mol. The van der Waals surface area contributed by atoms with Crippen molar-refractivity contribution in [3.8, 4) is 0 Å². The highest BCUT2D eigenvalue weighted by Gasteiger charge is 2.37. The number of rotatable bonds is 1. The number of carbonyl (C=O) groups excluding carboxylic acids is 3.